The van der Waals surface area contributed by atoms with Gasteiger partial charge in [0.15, 0.2) is 0 Å². The maximum atomic E-state index is 4.83. The third-order valence-corrected chi connectivity index (χ3v) is 4.67. The Balaban J connectivity index is 2.06. The molecule has 2 nitrogen and oxygen atoms in total. The van der Waals surface area contributed by atoms with Crippen molar-refractivity contribution in [1.82, 2.24) is 4.90 Å². The molecule has 2 unspecified atom stereocenters. The molecule has 2 atom stereocenters. The Bertz CT molecular complexity index is 283. The van der Waals surface area contributed by atoms with E-state index < -0.39 is 0 Å². The van der Waals surface area contributed by atoms with Crippen molar-refractivity contribution in [3.63, 3.8) is 0 Å². The van der Waals surface area contributed by atoms with Gasteiger partial charge in [-0.1, -0.05) is 32.1 Å². The van der Waals surface area contributed by atoms with Crippen molar-refractivity contribution in [2.24, 2.45) is 10.9 Å². The molecule has 2 rings (SSSR count). The third kappa shape index (κ3) is 3.49. The summed E-state index contributed by atoms with van der Waals surface area (Å²) in [7, 11) is 2.29. The van der Waals surface area contributed by atoms with Gasteiger partial charge in [0.1, 0.15) is 0 Å². The molecule has 1 aliphatic carbocycles. The average Bonchev–Trinajstić information content (AvgIpc) is 2.44. The molecule has 2 aliphatic rings. The van der Waals surface area contributed by atoms with Crippen LogP contribution in [0.4, 0.5) is 0 Å². The topological polar surface area (TPSA) is 15.6 Å². The van der Waals surface area contributed by atoms with E-state index >= 15 is 0 Å². The van der Waals surface area contributed by atoms with Crippen molar-refractivity contribution in [2.75, 3.05) is 7.05 Å². The van der Waals surface area contributed by atoms with Gasteiger partial charge in [0.05, 0.1) is 5.84 Å². The molecule has 0 N–H and O–H groups in total. The lowest BCUT2D eigenvalue weighted by Gasteiger charge is -2.41. The molecule has 0 spiro atoms. The van der Waals surface area contributed by atoms with Crippen LogP contribution >= 0.6 is 0 Å². The van der Waals surface area contributed by atoms with Crippen molar-refractivity contribution in [3.05, 3.63) is 0 Å². The molecule has 2 fully saturated rings. The maximum Gasteiger partial charge on any atom is 0.0992 e. The smallest absolute Gasteiger partial charge is 0.0992 e. The minimum absolute atomic E-state index is 0.440. The molecule has 18 heavy (non-hydrogen) atoms. The molecule has 1 saturated heterocycles. The molecule has 104 valence electrons. The number of nitrogens with zero attached hydrogens (tertiary/aromatic N) is 2. The number of hydrogen-bond acceptors (Lipinski definition) is 1. The number of fused-ring (bicyclic) bond motifs is 1. The van der Waals surface area contributed by atoms with Crippen LogP contribution in [0.3, 0.4) is 0 Å². The molecule has 1 saturated carbocycles. The normalized spacial score (nSPS) is 32.9. The Labute approximate surface area is 113 Å². The lowest BCUT2D eigenvalue weighted by Crippen LogP contribution is -2.46. The van der Waals surface area contributed by atoms with E-state index in [1.54, 1.807) is 0 Å². The standard InChI is InChI=1S/C16H30N2/c1-13(2)17-16-12-11-14-9-7-5-4-6-8-10-15(14)18(16)3/h13-15H,4-12H2,1-3H3/b17-16+. The first-order valence-corrected chi connectivity index (χ1v) is 7.98. The van der Waals surface area contributed by atoms with Crippen LogP contribution < -0.4 is 0 Å². The van der Waals surface area contributed by atoms with Crippen molar-refractivity contribution in [1.29, 1.82) is 0 Å². The average molecular weight is 250 g/mol. The minimum Gasteiger partial charge on any atom is -0.360 e. The molecule has 1 aliphatic heterocycles. The first-order valence-electron chi connectivity index (χ1n) is 7.98. The summed E-state index contributed by atoms with van der Waals surface area (Å²) in [6, 6.07) is 1.21. The molecular weight excluding hydrogens is 220 g/mol. The molecule has 0 radical (unpaired) electrons. The van der Waals surface area contributed by atoms with Crippen LogP contribution in [0.5, 0.6) is 0 Å². The highest BCUT2D eigenvalue weighted by molar-refractivity contribution is 5.83. The molecule has 0 aromatic carbocycles. The molecule has 1 heterocycles. The number of hydrogen-bond donors (Lipinski definition) is 0. The van der Waals surface area contributed by atoms with Crippen molar-refractivity contribution in [2.45, 2.75) is 83.7 Å². The van der Waals surface area contributed by atoms with Gasteiger partial charge in [0.2, 0.25) is 0 Å². The van der Waals surface area contributed by atoms with Gasteiger partial charge in [0, 0.05) is 25.6 Å². The quantitative estimate of drug-likeness (QED) is 0.679. The molecule has 0 amide bonds. The zero-order valence-corrected chi connectivity index (χ0v) is 12.5. The summed E-state index contributed by atoms with van der Waals surface area (Å²) in [6.45, 7) is 4.38. The number of rotatable bonds is 1. The van der Waals surface area contributed by atoms with Crippen LogP contribution in [0.25, 0.3) is 0 Å². The summed E-state index contributed by atoms with van der Waals surface area (Å²) in [6.07, 6.45) is 12.6. The zero-order chi connectivity index (χ0) is 13.0. The van der Waals surface area contributed by atoms with Gasteiger partial charge in [-0.05, 0) is 39.0 Å². The van der Waals surface area contributed by atoms with E-state index in [1.807, 2.05) is 0 Å². The van der Waals surface area contributed by atoms with E-state index in [4.69, 9.17) is 4.99 Å². The molecule has 0 aromatic heterocycles. The van der Waals surface area contributed by atoms with Gasteiger partial charge in [-0.15, -0.1) is 0 Å². The van der Waals surface area contributed by atoms with E-state index in [-0.39, 0.29) is 0 Å². The van der Waals surface area contributed by atoms with E-state index in [9.17, 15) is 0 Å². The minimum atomic E-state index is 0.440. The van der Waals surface area contributed by atoms with Crippen LogP contribution in [0.1, 0.15) is 71.6 Å². The predicted molar refractivity (Wildman–Crippen MR) is 79.2 cm³/mol. The molecule has 0 bridgehead atoms. The zero-order valence-electron chi connectivity index (χ0n) is 12.5. The SMILES string of the molecule is CC(C)/N=C1\CCC2CCCCCCCC2N1C. The molecule has 0 aromatic rings. The summed E-state index contributed by atoms with van der Waals surface area (Å²) in [5.74, 6) is 2.30. The second-order valence-electron chi connectivity index (χ2n) is 6.46. The van der Waals surface area contributed by atoms with Crippen molar-refractivity contribution in [3.8, 4) is 0 Å². The fraction of sp³-hybridized carbons (Fsp3) is 0.938. The van der Waals surface area contributed by atoms with E-state index in [0.29, 0.717) is 6.04 Å². The number of piperidine rings is 1. The second kappa shape index (κ2) is 6.58. The Morgan fingerprint density at radius 1 is 1.00 bits per heavy atom. The number of aliphatic imine (C=N–C) groups is 1. The Morgan fingerprint density at radius 2 is 1.67 bits per heavy atom. The second-order valence-corrected chi connectivity index (χ2v) is 6.46. The van der Waals surface area contributed by atoms with Gasteiger partial charge in [-0.3, -0.25) is 4.99 Å². The maximum absolute atomic E-state index is 4.83. The highest BCUT2D eigenvalue weighted by Crippen LogP contribution is 2.33. The first-order chi connectivity index (χ1) is 8.68. The first kappa shape index (κ1) is 13.9. The number of likely N-dealkylation sites (tertiary alicyclic amines) is 1. The summed E-state index contributed by atoms with van der Waals surface area (Å²) in [5, 5.41) is 0. The van der Waals surface area contributed by atoms with Crippen molar-refractivity contribution < 1.29 is 0 Å². The molecule has 2 heteroatoms. The lowest BCUT2D eigenvalue weighted by molar-refractivity contribution is 0.191. The monoisotopic (exact) mass is 250 g/mol. The third-order valence-electron chi connectivity index (χ3n) is 4.67. The highest BCUT2D eigenvalue weighted by atomic mass is 15.2. The fourth-order valence-electron chi connectivity index (χ4n) is 3.70. The fourth-order valence-corrected chi connectivity index (χ4v) is 3.70. The lowest BCUT2D eigenvalue weighted by atomic mass is 9.83. The van der Waals surface area contributed by atoms with Gasteiger partial charge in [-0.2, -0.15) is 0 Å². The van der Waals surface area contributed by atoms with Gasteiger partial charge in [-0.25, -0.2) is 0 Å². The summed E-state index contributed by atoms with van der Waals surface area (Å²) in [4.78, 5) is 7.36. The molecular formula is C16H30N2. The van der Waals surface area contributed by atoms with E-state index in [1.165, 1.54) is 63.6 Å². The Morgan fingerprint density at radius 3 is 2.39 bits per heavy atom. The van der Waals surface area contributed by atoms with Crippen LogP contribution in [-0.4, -0.2) is 29.9 Å². The summed E-state index contributed by atoms with van der Waals surface area (Å²) < 4.78 is 0. The van der Waals surface area contributed by atoms with E-state index in [2.05, 4.69) is 25.8 Å². The summed E-state index contributed by atoms with van der Waals surface area (Å²) in [5.41, 5.74) is 0. The number of amidine groups is 1. The van der Waals surface area contributed by atoms with Gasteiger partial charge < -0.3 is 4.90 Å². The Hall–Kier alpha value is -0.530. The van der Waals surface area contributed by atoms with Crippen LogP contribution in [-0.2, 0) is 0 Å². The van der Waals surface area contributed by atoms with E-state index in [0.717, 1.165) is 12.0 Å². The predicted octanol–water partition coefficient (Wildman–Crippen LogP) is 4.25. The van der Waals surface area contributed by atoms with Gasteiger partial charge in [0.25, 0.3) is 0 Å². The van der Waals surface area contributed by atoms with Crippen LogP contribution in [0.2, 0.25) is 0 Å². The van der Waals surface area contributed by atoms with Crippen LogP contribution in [0, 0.1) is 5.92 Å². The van der Waals surface area contributed by atoms with Crippen molar-refractivity contribution >= 4 is 5.84 Å². The Kier molecular flexibility index (Phi) is 5.08. The van der Waals surface area contributed by atoms with Crippen LogP contribution in [0.15, 0.2) is 4.99 Å². The van der Waals surface area contributed by atoms with Gasteiger partial charge >= 0.3 is 0 Å². The summed E-state index contributed by atoms with van der Waals surface area (Å²) >= 11 is 0. The highest BCUT2D eigenvalue weighted by Gasteiger charge is 2.31. The largest absolute Gasteiger partial charge is 0.360 e.